The Morgan fingerprint density at radius 2 is 2.04 bits per heavy atom. The normalized spacial score (nSPS) is 10.5. The predicted molar refractivity (Wildman–Crippen MR) is 97.1 cm³/mol. The summed E-state index contributed by atoms with van der Waals surface area (Å²) in [5, 5.41) is 16.6. The van der Waals surface area contributed by atoms with Crippen LogP contribution in [0, 0.1) is 0 Å². The monoisotopic (exact) mass is 401 g/mol. The fourth-order valence-corrected chi connectivity index (χ4v) is 2.56. The van der Waals surface area contributed by atoms with Gasteiger partial charge in [0.1, 0.15) is 0 Å². The molecule has 0 radical (unpaired) electrons. The number of carbonyl (C=O) groups is 1. The van der Waals surface area contributed by atoms with Gasteiger partial charge in [0.2, 0.25) is 0 Å². The van der Waals surface area contributed by atoms with Crippen molar-refractivity contribution in [1.29, 1.82) is 0 Å². The zero-order valence-corrected chi connectivity index (χ0v) is 15.0. The summed E-state index contributed by atoms with van der Waals surface area (Å²) in [6, 6.07) is 12.6. The highest BCUT2D eigenvalue weighted by Gasteiger charge is 2.10. The number of aromatic hydroxyl groups is 1. The molecule has 0 aliphatic carbocycles. The van der Waals surface area contributed by atoms with Gasteiger partial charge in [0.15, 0.2) is 11.5 Å². The Labute approximate surface area is 153 Å². The molecule has 0 saturated carbocycles. The van der Waals surface area contributed by atoms with Gasteiger partial charge in [0, 0.05) is 17.2 Å². The first-order chi connectivity index (χ1) is 12.1. The molecule has 0 spiro atoms. The molecule has 0 bridgehead atoms. The summed E-state index contributed by atoms with van der Waals surface area (Å²) < 4.78 is 7.68. The lowest BCUT2D eigenvalue weighted by molar-refractivity contribution is 0.0951. The zero-order valence-electron chi connectivity index (χ0n) is 13.4. The lowest BCUT2D eigenvalue weighted by atomic mass is 10.2. The molecule has 25 heavy (non-hydrogen) atoms. The van der Waals surface area contributed by atoms with Gasteiger partial charge < -0.3 is 15.2 Å². The molecule has 128 valence electrons. The Hall–Kier alpha value is -2.80. The van der Waals surface area contributed by atoms with Crippen LogP contribution < -0.4 is 10.1 Å². The maximum absolute atomic E-state index is 12.3. The van der Waals surface area contributed by atoms with Gasteiger partial charge >= 0.3 is 0 Å². The third kappa shape index (κ3) is 4.00. The average molecular weight is 402 g/mol. The Morgan fingerprint density at radius 1 is 1.28 bits per heavy atom. The van der Waals surface area contributed by atoms with Crippen molar-refractivity contribution >= 4 is 21.8 Å². The predicted octanol–water partition coefficient (Wildman–Crippen LogP) is 3.28. The minimum atomic E-state index is -0.226. The zero-order chi connectivity index (χ0) is 17.8. The van der Waals surface area contributed by atoms with E-state index in [0.29, 0.717) is 17.9 Å². The number of methoxy groups -OCH3 is 1. The van der Waals surface area contributed by atoms with Crippen LogP contribution in [0.5, 0.6) is 11.5 Å². The number of halogens is 1. The minimum absolute atomic E-state index is 0.0633. The van der Waals surface area contributed by atoms with Gasteiger partial charge in [0.25, 0.3) is 5.91 Å². The van der Waals surface area contributed by atoms with E-state index in [2.05, 4.69) is 26.3 Å². The largest absolute Gasteiger partial charge is 0.504 e. The number of ether oxygens (including phenoxy) is 1. The molecule has 0 saturated heterocycles. The van der Waals surface area contributed by atoms with Crippen LogP contribution in [-0.4, -0.2) is 27.9 Å². The first-order valence-electron chi connectivity index (χ1n) is 7.51. The van der Waals surface area contributed by atoms with E-state index in [1.54, 1.807) is 23.0 Å². The number of carbonyl (C=O) groups excluding carboxylic acids is 1. The summed E-state index contributed by atoms with van der Waals surface area (Å²) in [5.41, 5.74) is 2.16. The van der Waals surface area contributed by atoms with Crippen molar-refractivity contribution in [2.45, 2.75) is 6.54 Å². The van der Waals surface area contributed by atoms with E-state index in [9.17, 15) is 9.90 Å². The fourth-order valence-electron chi connectivity index (χ4n) is 2.29. The van der Waals surface area contributed by atoms with Gasteiger partial charge in [-0.25, -0.2) is 4.68 Å². The van der Waals surface area contributed by atoms with E-state index >= 15 is 0 Å². The van der Waals surface area contributed by atoms with Crippen molar-refractivity contribution in [2.24, 2.45) is 0 Å². The van der Waals surface area contributed by atoms with Gasteiger partial charge in [-0.3, -0.25) is 4.79 Å². The second-order valence-electron chi connectivity index (χ2n) is 5.34. The molecular formula is C18H16BrN3O3. The van der Waals surface area contributed by atoms with Gasteiger partial charge in [-0.05, 0) is 42.0 Å². The number of nitrogens with one attached hydrogen (secondary N) is 1. The molecule has 7 heteroatoms. The van der Waals surface area contributed by atoms with Crippen molar-refractivity contribution in [3.63, 3.8) is 0 Å². The van der Waals surface area contributed by atoms with Crippen LogP contribution in [0.2, 0.25) is 0 Å². The number of hydrogen-bond donors (Lipinski definition) is 2. The molecule has 2 N–H and O–H groups in total. The Kier molecular flexibility index (Phi) is 5.04. The highest BCUT2D eigenvalue weighted by atomic mass is 79.9. The van der Waals surface area contributed by atoms with E-state index in [-0.39, 0.29) is 11.7 Å². The second kappa shape index (κ2) is 7.40. The summed E-state index contributed by atoms with van der Waals surface area (Å²) in [6.45, 7) is 0.318. The molecule has 1 amide bonds. The summed E-state index contributed by atoms with van der Waals surface area (Å²) in [6.07, 6.45) is 3.20. The highest BCUT2D eigenvalue weighted by molar-refractivity contribution is 9.10. The van der Waals surface area contributed by atoms with Crippen LogP contribution >= 0.6 is 15.9 Å². The molecule has 0 aliphatic heterocycles. The lowest BCUT2D eigenvalue weighted by Gasteiger charge is -2.07. The molecule has 3 aromatic rings. The third-order valence-electron chi connectivity index (χ3n) is 3.63. The summed E-state index contributed by atoms with van der Waals surface area (Å²) in [7, 11) is 1.48. The van der Waals surface area contributed by atoms with Crippen molar-refractivity contribution in [3.05, 3.63) is 70.5 Å². The Balaban J connectivity index is 1.67. The van der Waals surface area contributed by atoms with E-state index in [1.807, 2.05) is 24.3 Å². The molecule has 0 fully saturated rings. The average Bonchev–Trinajstić information content (AvgIpc) is 3.11. The fraction of sp³-hybridized carbons (Fsp3) is 0.111. The number of amides is 1. The molecule has 3 rings (SSSR count). The van der Waals surface area contributed by atoms with Crippen LogP contribution in [-0.2, 0) is 6.54 Å². The lowest BCUT2D eigenvalue weighted by Crippen LogP contribution is -2.22. The third-order valence-corrected chi connectivity index (χ3v) is 4.16. The SMILES string of the molecule is COc1cc(CNC(=O)c2cnn(-c3ccc(Br)cc3)c2)ccc1O. The standard InChI is InChI=1S/C18H16BrN3O3/c1-25-17-8-12(2-7-16(17)23)9-20-18(24)13-10-21-22(11-13)15-5-3-14(19)4-6-15/h2-8,10-11,23H,9H2,1H3,(H,20,24). The van der Waals surface area contributed by atoms with Crippen LogP contribution in [0.1, 0.15) is 15.9 Å². The van der Waals surface area contributed by atoms with Gasteiger partial charge in [-0.1, -0.05) is 22.0 Å². The van der Waals surface area contributed by atoms with Crippen molar-refractivity contribution in [1.82, 2.24) is 15.1 Å². The molecule has 0 unspecified atom stereocenters. The molecule has 0 aliphatic rings. The number of phenolic OH excluding ortho intramolecular Hbond substituents is 1. The maximum atomic E-state index is 12.3. The molecule has 0 atom stereocenters. The number of benzene rings is 2. The van der Waals surface area contributed by atoms with Crippen LogP contribution in [0.15, 0.2) is 59.3 Å². The topological polar surface area (TPSA) is 76.4 Å². The van der Waals surface area contributed by atoms with Gasteiger partial charge in [0.05, 0.1) is 24.6 Å². The van der Waals surface area contributed by atoms with E-state index < -0.39 is 0 Å². The van der Waals surface area contributed by atoms with Crippen LogP contribution in [0.3, 0.4) is 0 Å². The van der Waals surface area contributed by atoms with E-state index in [0.717, 1.165) is 15.7 Å². The first-order valence-corrected chi connectivity index (χ1v) is 8.31. The number of rotatable bonds is 5. The number of phenols is 1. The molecule has 1 heterocycles. The Bertz CT molecular complexity index is 891. The smallest absolute Gasteiger partial charge is 0.254 e. The van der Waals surface area contributed by atoms with Crippen LogP contribution in [0.4, 0.5) is 0 Å². The van der Waals surface area contributed by atoms with Crippen LogP contribution in [0.25, 0.3) is 5.69 Å². The van der Waals surface area contributed by atoms with E-state index in [1.165, 1.54) is 19.4 Å². The van der Waals surface area contributed by atoms with E-state index in [4.69, 9.17) is 4.74 Å². The minimum Gasteiger partial charge on any atom is -0.504 e. The molecular weight excluding hydrogens is 386 g/mol. The summed E-state index contributed by atoms with van der Waals surface area (Å²) in [4.78, 5) is 12.3. The highest BCUT2D eigenvalue weighted by Crippen LogP contribution is 2.26. The summed E-state index contributed by atoms with van der Waals surface area (Å²) in [5.74, 6) is 0.207. The molecule has 2 aromatic carbocycles. The second-order valence-corrected chi connectivity index (χ2v) is 6.25. The number of nitrogens with zero attached hydrogens (tertiary/aromatic N) is 2. The number of aromatic nitrogens is 2. The Morgan fingerprint density at radius 3 is 2.76 bits per heavy atom. The van der Waals surface area contributed by atoms with Crippen molar-refractivity contribution in [3.8, 4) is 17.2 Å². The molecule has 6 nitrogen and oxygen atoms in total. The van der Waals surface area contributed by atoms with Crippen molar-refractivity contribution < 1.29 is 14.6 Å². The summed E-state index contributed by atoms with van der Waals surface area (Å²) >= 11 is 3.39. The quantitative estimate of drug-likeness (QED) is 0.687. The molecule has 1 aromatic heterocycles. The van der Waals surface area contributed by atoms with Gasteiger partial charge in [-0.15, -0.1) is 0 Å². The first kappa shape index (κ1) is 17.0. The number of hydrogen-bond acceptors (Lipinski definition) is 4. The van der Waals surface area contributed by atoms with Crippen molar-refractivity contribution in [2.75, 3.05) is 7.11 Å². The van der Waals surface area contributed by atoms with Gasteiger partial charge in [-0.2, -0.15) is 5.10 Å². The maximum Gasteiger partial charge on any atom is 0.254 e.